The molecule has 2 aromatic heterocycles. The monoisotopic (exact) mass is 357 g/mol. The second kappa shape index (κ2) is 6.44. The SMILES string of the molecule is CN(C(=O)c1cnn(C)c1)C1CCN(c2nc3ccc(F)cc3o2)CC1. The number of hydrogen-bond acceptors (Lipinski definition) is 5. The van der Waals surface area contributed by atoms with Gasteiger partial charge in [-0.1, -0.05) is 0 Å². The van der Waals surface area contributed by atoms with Crippen LogP contribution >= 0.6 is 0 Å². The summed E-state index contributed by atoms with van der Waals surface area (Å²) in [7, 11) is 3.62. The molecule has 0 N–H and O–H groups in total. The summed E-state index contributed by atoms with van der Waals surface area (Å²) in [6, 6.07) is 5.00. The maximum absolute atomic E-state index is 13.3. The number of aryl methyl sites for hydroxylation is 1. The summed E-state index contributed by atoms with van der Waals surface area (Å²) in [4.78, 5) is 20.8. The number of oxazole rings is 1. The predicted molar refractivity (Wildman–Crippen MR) is 94.5 cm³/mol. The van der Waals surface area contributed by atoms with Crippen molar-refractivity contribution in [3.05, 3.63) is 42.0 Å². The van der Waals surface area contributed by atoms with Gasteiger partial charge in [0.15, 0.2) is 5.58 Å². The molecule has 3 aromatic rings. The summed E-state index contributed by atoms with van der Waals surface area (Å²) >= 11 is 0. The first-order valence-electron chi connectivity index (χ1n) is 8.58. The number of rotatable bonds is 3. The Labute approximate surface area is 150 Å². The molecule has 0 spiro atoms. The van der Waals surface area contributed by atoms with Crippen LogP contribution in [0.1, 0.15) is 23.2 Å². The number of hydrogen-bond donors (Lipinski definition) is 0. The van der Waals surface area contributed by atoms with Gasteiger partial charge in [0.2, 0.25) is 0 Å². The molecule has 1 aliphatic rings. The average Bonchev–Trinajstić information content (AvgIpc) is 3.26. The van der Waals surface area contributed by atoms with E-state index >= 15 is 0 Å². The fourth-order valence-electron chi connectivity index (χ4n) is 3.37. The van der Waals surface area contributed by atoms with Gasteiger partial charge in [0.05, 0.1) is 11.8 Å². The minimum Gasteiger partial charge on any atom is -0.423 e. The maximum Gasteiger partial charge on any atom is 0.298 e. The van der Waals surface area contributed by atoms with E-state index in [1.807, 2.05) is 11.9 Å². The summed E-state index contributed by atoms with van der Waals surface area (Å²) in [5.41, 5.74) is 1.69. The van der Waals surface area contributed by atoms with Crippen LogP contribution < -0.4 is 4.90 Å². The van der Waals surface area contributed by atoms with E-state index in [9.17, 15) is 9.18 Å². The first kappa shape index (κ1) is 16.6. The topological polar surface area (TPSA) is 67.4 Å². The highest BCUT2D eigenvalue weighted by Crippen LogP contribution is 2.26. The summed E-state index contributed by atoms with van der Waals surface area (Å²) < 4.78 is 20.6. The van der Waals surface area contributed by atoms with Crippen molar-refractivity contribution in [1.82, 2.24) is 19.7 Å². The highest BCUT2D eigenvalue weighted by Gasteiger charge is 2.28. The lowest BCUT2D eigenvalue weighted by Crippen LogP contribution is -2.45. The molecular weight excluding hydrogens is 337 g/mol. The van der Waals surface area contributed by atoms with E-state index in [-0.39, 0.29) is 17.8 Å². The largest absolute Gasteiger partial charge is 0.423 e. The molecule has 0 atom stereocenters. The van der Waals surface area contributed by atoms with E-state index in [0.29, 0.717) is 22.7 Å². The number of carbonyl (C=O) groups excluding carboxylic acids is 1. The first-order chi connectivity index (χ1) is 12.5. The van der Waals surface area contributed by atoms with E-state index in [1.165, 1.54) is 12.1 Å². The zero-order chi connectivity index (χ0) is 18.3. The molecule has 7 nitrogen and oxygen atoms in total. The Bertz CT molecular complexity index is 942. The van der Waals surface area contributed by atoms with E-state index in [2.05, 4.69) is 10.1 Å². The number of benzene rings is 1. The summed E-state index contributed by atoms with van der Waals surface area (Å²) in [5.74, 6) is -0.358. The quantitative estimate of drug-likeness (QED) is 0.720. The zero-order valence-electron chi connectivity index (χ0n) is 14.7. The number of anilines is 1. The van der Waals surface area contributed by atoms with Crippen LogP contribution in [0.25, 0.3) is 11.1 Å². The molecule has 0 radical (unpaired) electrons. The second-order valence-electron chi connectivity index (χ2n) is 6.65. The van der Waals surface area contributed by atoms with Crippen molar-refractivity contribution in [1.29, 1.82) is 0 Å². The van der Waals surface area contributed by atoms with Crippen LogP contribution in [0.5, 0.6) is 0 Å². The highest BCUT2D eigenvalue weighted by atomic mass is 19.1. The minimum absolute atomic E-state index is 0.0195. The van der Waals surface area contributed by atoms with Crippen LogP contribution in [-0.4, -0.2) is 51.8 Å². The van der Waals surface area contributed by atoms with Gasteiger partial charge < -0.3 is 14.2 Å². The molecule has 8 heteroatoms. The molecule has 0 bridgehead atoms. The third kappa shape index (κ3) is 3.02. The van der Waals surface area contributed by atoms with Crippen LogP contribution in [0.4, 0.5) is 10.4 Å². The van der Waals surface area contributed by atoms with Crippen LogP contribution in [0.2, 0.25) is 0 Å². The molecule has 1 saturated heterocycles. The van der Waals surface area contributed by atoms with E-state index in [0.717, 1.165) is 25.9 Å². The molecule has 3 heterocycles. The molecule has 4 rings (SSSR count). The van der Waals surface area contributed by atoms with Crippen molar-refractivity contribution in [3.8, 4) is 0 Å². The number of nitrogens with zero attached hydrogens (tertiary/aromatic N) is 5. The van der Waals surface area contributed by atoms with Gasteiger partial charge >= 0.3 is 0 Å². The van der Waals surface area contributed by atoms with Crippen molar-refractivity contribution >= 4 is 23.0 Å². The third-order valence-electron chi connectivity index (χ3n) is 4.89. The molecule has 1 amide bonds. The zero-order valence-corrected chi connectivity index (χ0v) is 14.7. The number of fused-ring (bicyclic) bond motifs is 1. The van der Waals surface area contributed by atoms with Crippen molar-refractivity contribution < 1.29 is 13.6 Å². The molecule has 1 fully saturated rings. The smallest absolute Gasteiger partial charge is 0.298 e. The third-order valence-corrected chi connectivity index (χ3v) is 4.89. The lowest BCUT2D eigenvalue weighted by molar-refractivity contribution is 0.0708. The number of halogens is 1. The average molecular weight is 357 g/mol. The Kier molecular flexibility index (Phi) is 4.10. The van der Waals surface area contributed by atoms with Gasteiger partial charge in [-0.25, -0.2) is 4.39 Å². The summed E-state index contributed by atoms with van der Waals surface area (Å²) in [6.07, 6.45) is 4.95. The van der Waals surface area contributed by atoms with E-state index in [1.54, 1.807) is 35.1 Å². The molecule has 26 heavy (non-hydrogen) atoms. The molecule has 0 aliphatic carbocycles. The van der Waals surface area contributed by atoms with Gasteiger partial charge in [0.25, 0.3) is 11.9 Å². The van der Waals surface area contributed by atoms with Gasteiger partial charge in [-0.2, -0.15) is 10.1 Å². The molecule has 1 aliphatic heterocycles. The Morgan fingerprint density at radius 3 is 2.81 bits per heavy atom. The Balaban J connectivity index is 1.42. The van der Waals surface area contributed by atoms with Crippen molar-refractivity contribution in [3.63, 3.8) is 0 Å². The number of aromatic nitrogens is 3. The number of amides is 1. The lowest BCUT2D eigenvalue weighted by Gasteiger charge is -2.35. The summed E-state index contributed by atoms with van der Waals surface area (Å²) in [6.45, 7) is 1.45. The highest BCUT2D eigenvalue weighted by molar-refractivity contribution is 5.93. The van der Waals surface area contributed by atoms with Gasteiger partial charge in [-0.15, -0.1) is 0 Å². The Morgan fingerprint density at radius 2 is 2.12 bits per heavy atom. The van der Waals surface area contributed by atoms with Crippen molar-refractivity contribution in [2.75, 3.05) is 25.0 Å². The normalized spacial score (nSPS) is 15.6. The predicted octanol–water partition coefficient (Wildman–Crippen LogP) is 2.44. The van der Waals surface area contributed by atoms with E-state index < -0.39 is 0 Å². The summed E-state index contributed by atoms with van der Waals surface area (Å²) in [5, 5.41) is 4.06. The lowest BCUT2D eigenvalue weighted by atomic mass is 10.0. The first-order valence-corrected chi connectivity index (χ1v) is 8.58. The van der Waals surface area contributed by atoms with Gasteiger partial charge in [0.1, 0.15) is 11.3 Å². The molecule has 1 aromatic carbocycles. The maximum atomic E-state index is 13.3. The second-order valence-corrected chi connectivity index (χ2v) is 6.65. The van der Waals surface area contributed by atoms with Crippen LogP contribution in [0.15, 0.2) is 35.0 Å². The fourth-order valence-corrected chi connectivity index (χ4v) is 3.37. The number of piperidine rings is 1. The van der Waals surface area contributed by atoms with Crippen LogP contribution in [-0.2, 0) is 7.05 Å². The van der Waals surface area contributed by atoms with Crippen LogP contribution in [0, 0.1) is 5.82 Å². The minimum atomic E-state index is -0.338. The van der Waals surface area contributed by atoms with Crippen LogP contribution in [0.3, 0.4) is 0 Å². The number of carbonyl (C=O) groups is 1. The Morgan fingerprint density at radius 1 is 1.35 bits per heavy atom. The van der Waals surface area contributed by atoms with Gasteiger partial charge in [0, 0.05) is 45.5 Å². The fraction of sp³-hybridized carbons (Fsp3) is 0.389. The molecular formula is C18H20FN5O2. The standard InChI is InChI=1S/C18H20FN5O2/c1-22-11-12(10-20-22)17(25)23(2)14-5-7-24(8-6-14)18-21-15-4-3-13(19)9-16(15)26-18/h3-4,9-11,14H,5-8H2,1-2H3. The molecule has 136 valence electrons. The van der Waals surface area contributed by atoms with Crippen molar-refractivity contribution in [2.24, 2.45) is 7.05 Å². The van der Waals surface area contributed by atoms with E-state index in [4.69, 9.17) is 4.42 Å². The van der Waals surface area contributed by atoms with Gasteiger partial charge in [-0.3, -0.25) is 9.48 Å². The Hall–Kier alpha value is -2.90. The molecule has 0 unspecified atom stereocenters. The molecule has 0 saturated carbocycles. The van der Waals surface area contributed by atoms with Crippen molar-refractivity contribution in [2.45, 2.75) is 18.9 Å². The van der Waals surface area contributed by atoms with Gasteiger partial charge in [-0.05, 0) is 25.0 Å².